The summed E-state index contributed by atoms with van der Waals surface area (Å²) in [5.74, 6) is 0. The molecule has 1 aliphatic rings. The number of benzene rings is 5. The van der Waals surface area contributed by atoms with Crippen molar-refractivity contribution in [3.05, 3.63) is 157 Å². The van der Waals surface area contributed by atoms with Gasteiger partial charge in [0.1, 0.15) is 0 Å². The highest BCUT2D eigenvalue weighted by Gasteiger charge is 2.36. The summed E-state index contributed by atoms with van der Waals surface area (Å²) in [6, 6.07) is 43.6. The molecule has 1 aliphatic carbocycles. The van der Waals surface area contributed by atoms with Gasteiger partial charge >= 0.3 is 0 Å². The minimum atomic E-state index is -0.145. The number of hydrogen-bond donors (Lipinski definition) is 0. The molecule has 0 amide bonds. The van der Waals surface area contributed by atoms with Crippen LogP contribution >= 0.6 is 0 Å². The van der Waals surface area contributed by atoms with Gasteiger partial charge in [0.15, 0.2) is 0 Å². The number of fused-ring (bicyclic) bond motifs is 11. The van der Waals surface area contributed by atoms with E-state index in [9.17, 15) is 0 Å². The molecule has 0 N–H and O–H groups in total. The van der Waals surface area contributed by atoms with Crippen molar-refractivity contribution < 1.29 is 0 Å². The largest absolute Gasteiger partial charge is 0.264 e. The zero-order valence-corrected chi connectivity index (χ0v) is 27.1. The molecule has 4 heterocycles. The number of hydrogen-bond acceptors (Lipinski definition) is 4. The monoisotopic (exact) mass is 626 g/mol. The molecule has 10 rings (SSSR count). The van der Waals surface area contributed by atoms with E-state index in [2.05, 4.69) is 122 Å². The first kappa shape index (κ1) is 27.8. The molecule has 49 heavy (non-hydrogen) atoms. The van der Waals surface area contributed by atoms with Crippen LogP contribution in [0.4, 0.5) is 0 Å². The Hall–Kier alpha value is -6.26. The second-order valence-corrected chi connectivity index (χ2v) is 13.5. The van der Waals surface area contributed by atoms with Crippen LogP contribution in [0, 0.1) is 0 Å². The second-order valence-electron chi connectivity index (χ2n) is 13.5. The van der Waals surface area contributed by atoms with Crippen LogP contribution in [0.2, 0.25) is 0 Å². The van der Waals surface area contributed by atoms with Gasteiger partial charge in [-0.25, -0.2) is 4.98 Å². The Balaban J connectivity index is 1.16. The van der Waals surface area contributed by atoms with E-state index in [1.165, 1.54) is 33.4 Å². The third-order valence-corrected chi connectivity index (χ3v) is 10.4. The molecular formula is C45H30N4. The van der Waals surface area contributed by atoms with E-state index >= 15 is 0 Å². The molecule has 9 aromatic rings. The Morgan fingerprint density at radius 2 is 1.06 bits per heavy atom. The van der Waals surface area contributed by atoms with E-state index < -0.39 is 0 Å². The average Bonchev–Trinajstić information content (AvgIpc) is 3.39. The van der Waals surface area contributed by atoms with Crippen LogP contribution in [-0.2, 0) is 5.41 Å². The van der Waals surface area contributed by atoms with Gasteiger partial charge in [-0.2, -0.15) is 0 Å². The first-order valence-corrected chi connectivity index (χ1v) is 16.7. The van der Waals surface area contributed by atoms with Crippen molar-refractivity contribution in [1.29, 1.82) is 0 Å². The van der Waals surface area contributed by atoms with Gasteiger partial charge in [-0.1, -0.05) is 92.7 Å². The summed E-state index contributed by atoms with van der Waals surface area (Å²) in [5.41, 5.74) is 14.7. The Morgan fingerprint density at radius 1 is 0.469 bits per heavy atom. The summed E-state index contributed by atoms with van der Waals surface area (Å²) in [6.07, 6.45) is 7.47. The van der Waals surface area contributed by atoms with Gasteiger partial charge in [0.05, 0.1) is 22.2 Å². The summed E-state index contributed by atoms with van der Waals surface area (Å²) >= 11 is 0. The lowest BCUT2D eigenvalue weighted by atomic mass is 9.81. The predicted molar refractivity (Wildman–Crippen MR) is 202 cm³/mol. The number of aromatic nitrogens is 4. The van der Waals surface area contributed by atoms with E-state index in [1.54, 1.807) is 0 Å². The Morgan fingerprint density at radius 3 is 1.78 bits per heavy atom. The van der Waals surface area contributed by atoms with Crippen molar-refractivity contribution in [1.82, 2.24) is 19.9 Å². The molecule has 0 aliphatic heterocycles. The Kier molecular flexibility index (Phi) is 5.89. The van der Waals surface area contributed by atoms with Crippen molar-refractivity contribution in [2.75, 3.05) is 0 Å². The van der Waals surface area contributed by atoms with Gasteiger partial charge in [0, 0.05) is 62.7 Å². The molecule has 4 nitrogen and oxygen atoms in total. The van der Waals surface area contributed by atoms with Crippen molar-refractivity contribution in [3.8, 4) is 44.6 Å². The fourth-order valence-electron chi connectivity index (χ4n) is 8.03. The minimum absolute atomic E-state index is 0.145. The Bertz CT molecular complexity index is 2800. The maximum absolute atomic E-state index is 5.35. The molecule has 0 bridgehead atoms. The molecule has 0 atom stereocenters. The van der Waals surface area contributed by atoms with Crippen LogP contribution in [0.5, 0.6) is 0 Å². The molecule has 0 fully saturated rings. The van der Waals surface area contributed by atoms with Crippen molar-refractivity contribution in [2.45, 2.75) is 19.3 Å². The second kappa shape index (κ2) is 10.4. The first-order chi connectivity index (χ1) is 24.1. The fourth-order valence-corrected chi connectivity index (χ4v) is 8.03. The Labute approximate surface area is 283 Å². The molecule has 230 valence electrons. The number of pyridine rings is 4. The minimum Gasteiger partial charge on any atom is -0.264 e. The van der Waals surface area contributed by atoms with E-state index in [1.807, 2.05) is 43.0 Å². The summed E-state index contributed by atoms with van der Waals surface area (Å²) in [6.45, 7) is 4.68. The molecule has 0 saturated heterocycles. The van der Waals surface area contributed by atoms with Crippen molar-refractivity contribution in [2.24, 2.45) is 0 Å². The van der Waals surface area contributed by atoms with Gasteiger partial charge in [0.2, 0.25) is 0 Å². The zero-order chi connectivity index (χ0) is 32.7. The van der Waals surface area contributed by atoms with E-state index in [4.69, 9.17) is 15.0 Å². The van der Waals surface area contributed by atoms with Gasteiger partial charge in [-0.15, -0.1) is 0 Å². The lowest BCUT2D eigenvalue weighted by Crippen LogP contribution is -2.15. The molecule has 0 unspecified atom stereocenters. The highest BCUT2D eigenvalue weighted by Crippen LogP contribution is 2.51. The van der Waals surface area contributed by atoms with Gasteiger partial charge in [-0.3, -0.25) is 15.0 Å². The number of para-hydroxylation sites is 1. The van der Waals surface area contributed by atoms with E-state index in [0.717, 1.165) is 65.9 Å². The highest BCUT2D eigenvalue weighted by atomic mass is 14.7. The van der Waals surface area contributed by atoms with Gasteiger partial charge < -0.3 is 0 Å². The summed E-state index contributed by atoms with van der Waals surface area (Å²) in [5, 5.41) is 5.54. The SMILES string of the molecule is CC1(C)c2cc(-c3cccnc3)ccc2-c2ccc(-c3cccc(-c4nc5ccccc5c5c6cccnc6c6ncccc6c45)c3)cc21. The third kappa shape index (κ3) is 4.10. The molecule has 0 saturated carbocycles. The predicted octanol–water partition coefficient (Wildman–Crippen LogP) is 11.2. The van der Waals surface area contributed by atoms with Crippen LogP contribution in [0.15, 0.2) is 146 Å². The zero-order valence-electron chi connectivity index (χ0n) is 27.1. The highest BCUT2D eigenvalue weighted by molar-refractivity contribution is 6.32. The lowest BCUT2D eigenvalue weighted by Gasteiger charge is -2.22. The average molecular weight is 627 g/mol. The van der Waals surface area contributed by atoms with Crippen LogP contribution in [0.3, 0.4) is 0 Å². The molecule has 4 aromatic heterocycles. The third-order valence-electron chi connectivity index (χ3n) is 10.4. The standard InChI is InChI=1S/C45H30N4/c1-45(2)37-24-28(16-18-32(37)33-19-17-29(25-38(33)45)31-11-6-20-46-26-31)27-9-5-10-30(23-27)42-41-36-14-8-22-48-44(36)43-35(13-7-21-47-43)40(41)34-12-3-4-15-39(34)49-42/h3-26H,1-2H3. The van der Waals surface area contributed by atoms with Gasteiger partial charge in [0.25, 0.3) is 0 Å². The van der Waals surface area contributed by atoms with Crippen LogP contribution < -0.4 is 0 Å². The summed E-state index contributed by atoms with van der Waals surface area (Å²) in [7, 11) is 0. The molecular weight excluding hydrogens is 597 g/mol. The van der Waals surface area contributed by atoms with Crippen molar-refractivity contribution in [3.63, 3.8) is 0 Å². The van der Waals surface area contributed by atoms with Crippen LogP contribution in [-0.4, -0.2) is 19.9 Å². The maximum Gasteiger partial charge on any atom is 0.0971 e. The van der Waals surface area contributed by atoms with Crippen LogP contribution in [0.1, 0.15) is 25.0 Å². The first-order valence-electron chi connectivity index (χ1n) is 16.7. The summed E-state index contributed by atoms with van der Waals surface area (Å²) in [4.78, 5) is 19.4. The quantitative estimate of drug-likeness (QED) is 0.183. The number of rotatable bonds is 3. The normalized spacial score (nSPS) is 13.3. The molecule has 4 heteroatoms. The topological polar surface area (TPSA) is 51.6 Å². The molecule has 5 aromatic carbocycles. The van der Waals surface area contributed by atoms with E-state index in [-0.39, 0.29) is 5.41 Å². The fraction of sp³-hybridized carbons (Fsp3) is 0.0667. The molecule has 0 spiro atoms. The van der Waals surface area contributed by atoms with E-state index in [0.29, 0.717) is 0 Å². The smallest absolute Gasteiger partial charge is 0.0971 e. The lowest BCUT2D eigenvalue weighted by molar-refractivity contribution is 0.661. The van der Waals surface area contributed by atoms with Gasteiger partial charge in [-0.05, 0) is 87.0 Å². The summed E-state index contributed by atoms with van der Waals surface area (Å²) < 4.78 is 0. The van der Waals surface area contributed by atoms with Crippen molar-refractivity contribution >= 4 is 43.5 Å². The number of nitrogens with zero attached hydrogens (tertiary/aromatic N) is 4. The maximum atomic E-state index is 5.35. The van der Waals surface area contributed by atoms with Crippen LogP contribution in [0.25, 0.3) is 88.1 Å². The molecule has 0 radical (unpaired) electrons.